The van der Waals surface area contributed by atoms with Gasteiger partial charge in [-0.2, -0.15) is 0 Å². The fourth-order valence-corrected chi connectivity index (χ4v) is 0.622. The summed E-state index contributed by atoms with van der Waals surface area (Å²) >= 11 is 0. The number of aliphatic hydroxyl groups is 2. The maximum Gasteiger partial charge on any atom is 0.108 e. The van der Waals surface area contributed by atoms with Crippen LogP contribution in [0.3, 0.4) is 0 Å². The Morgan fingerprint density at radius 3 is 2.10 bits per heavy atom. The average Bonchev–Trinajstić information content (AvgIpc) is 1.86. The van der Waals surface area contributed by atoms with E-state index < -0.39 is 11.7 Å². The Labute approximate surface area is 62.2 Å². The van der Waals surface area contributed by atoms with Crippen molar-refractivity contribution in [2.24, 2.45) is 0 Å². The lowest BCUT2D eigenvalue weighted by Crippen LogP contribution is -2.38. The van der Waals surface area contributed by atoms with Crippen molar-refractivity contribution in [2.75, 3.05) is 0 Å². The second-order valence-electron chi connectivity index (χ2n) is 2.80. The molecule has 0 radical (unpaired) electrons. The number of hydrogen-bond acceptors (Lipinski definition) is 2. The molecule has 10 heavy (non-hydrogen) atoms. The van der Waals surface area contributed by atoms with Gasteiger partial charge in [-0.3, -0.25) is 0 Å². The van der Waals surface area contributed by atoms with Gasteiger partial charge in [-0.1, -0.05) is 6.08 Å². The third-order valence-corrected chi connectivity index (χ3v) is 2.04. The minimum atomic E-state index is -1.07. The van der Waals surface area contributed by atoms with Crippen molar-refractivity contribution in [1.29, 1.82) is 0 Å². The number of hydrogen-bond donors (Lipinski definition) is 2. The molecule has 0 aromatic heterocycles. The molecular formula is C8H16O2. The Kier molecular flexibility index (Phi) is 3.06. The lowest BCUT2D eigenvalue weighted by molar-refractivity contribution is -0.0239. The van der Waals surface area contributed by atoms with Crippen LogP contribution in [0.15, 0.2) is 11.6 Å². The highest BCUT2D eigenvalue weighted by Gasteiger charge is 2.27. The van der Waals surface area contributed by atoms with Crippen LogP contribution in [-0.4, -0.2) is 21.9 Å². The van der Waals surface area contributed by atoms with Gasteiger partial charge in [0.1, 0.15) is 5.60 Å². The van der Waals surface area contributed by atoms with E-state index in [1.807, 2.05) is 6.92 Å². The molecule has 0 heterocycles. The van der Waals surface area contributed by atoms with Crippen LogP contribution < -0.4 is 0 Å². The fourth-order valence-electron chi connectivity index (χ4n) is 0.622. The smallest absolute Gasteiger partial charge is 0.108 e. The van der Waals surface area contributed by atoms with E-state index in [9.17, 15) is 5.11 Å². The molecule has 2 atom stereocenters. The Balaban J connectivity index is 4.40. The molecule has 0 aromatic carbocycles. The molecule has 0 aliphatic carbocycles. The topological polar surface area (TPSA) is 40.5 Å². The molecule has 0 aliphatic heterocycles. The Morgan fingerprint density at radius 1 is 1.60 bits per heavy atom. The zero-order valence-corrected chi connectivity index (χ0v) is 7.05. The van der Waals surface area contributed by atoms with E-state index in [1.165, 1.54) is 0 Å². The first-order valence-electron chi connectivity index (χ1n) is 3.46. The van der Waals surface area contributed by atoms with Crippen LogP contribution >= 0.6 is 0 Å². The first-order valence-corrected chi connectivity index (χ1v) is 3.46. The number of rotatable bonds is 2. The third kappa shape index (κ3) is 1.82. The van der Waals surface area contributed by atoms with E-state index >= 15 is 0 Å². The van der Waals surface area contributed by atoms with E-state index in [0.717, 1.165) is 5.57 Å². The molecule has 2 heteroatoms. The summed E-state index contributed by atoms with van der Waals surface area (Å²) in [6.07, 6.45) is 1.08. The molecular weight excluding hydrogens is 128 g/mol. The first kappa shape index (κ1) is 9.66. The molecule has 60 valence electrons. The van der Waals surface area contributed by atoms with Gasteiger partial charge < -0.3 is 10.2 Å². The quantitative estimate of drug-likeness (QED) is 0.569. The van der Waals surface area contributed by atoms with E-state index in [-0.39, 0.29) is 0 Å². The summed E-state index contributed by atoms with van der Waals surface area (Å²) in [7, 11) is 0. The van der Waals surface area contributed by atoms with Gasteiger partial charge >= 0.3 is 0 Å². The van der Waals surface area contributed by atoms with Crippen LogP contribution in [0.2, 0.25) is 0 Å². The molecule has 0 saturated carbocycles. The van der Waals surface area contributed by atoms with Gasteiger partial charge in [-0.15, -0.1) is 0 Å². The predicted molar refractivity (Wildman–Crippen MR) is 41.7 cm³/mol. The third-order valence-electron chi connectivity index (χ3n) is 2.04. The van der Waals surface area contributed by atoms with Crippen LogP contribution in [-0.2, 0) is 0 Å². The van der Waals surface area contributed by atoms with E-state index in [2.05, 4.69) is 0 Å². The van der Waals surface area contributed by atoms with Gasteiger partial charge in [-0.05, 0) is 33.3 Å². The van der Waals surface area contributed by atoms with Gasteiger partial charge in [0.2, 0.25) is 0 Å². The summed E-state index contributed by atoms with van der Waals surface area (Å²) in [4.78, 5) is 0. The summed E-state index contributed by atoms with van der Waals surface area (Å²) in [5.41, 5.74) is -0.281. The molecule has 0 aliphatic rings. The SMILES string of the molecule is C/C=C(/C)C(C)(O)C(C)O. The number of allylic oxidation sites excluding steroid dienone is 1. The highest BCUT2D eigenvalue weighted by atomic mass is 16.3. The van der Waals surface area contributed by atoms with Crippen LogP contribution in [0.25, 0.3) is 0 Å². The molecule has 0 bridgehead atoms. The summed E-state index contributed by atoms with van der Waals surface area (Å²) < 4.78 is 0. The largest absolute Gasteiger partial charge is 0.390 e. The molecule has 2 N–H and O–H groups in total. The Hall–Kier alpha value is -0.340. The van der Waals surface area contributed by atoms with Crippen molar-refractivity contribution in [3.63, 3.8) is 0 Å². The monoisotopic (exact) mass is 144 g/mol. The maximum absolute atomic E-state index is 9.54. The molecule has 0 aromatic rings. The van der Waals surface area contributed by atoms with Gasteiger partial charge in [0.05, 0.1) is 6.10 Å². The van der Waals surface area contributed by atoms with E-state index in [0.29, 0.717) is 0 Å². The summed E-state index contributed by atoms with van der Waals surface area (Å²) in [5.74, 6) is 0. The maximum atomic E-state index is 9.54. The summed E-state index contributed by atoms with van der Waals surface area (Å²) in [6, 6.07) is 0. The van der Waals surface area contributed by atoms with E-state index in [4.69, 9.17) is 5.11 Å². The highest BCUT2D eigenvalue weighted by molar-refractivity contribution is 5.13. The lowest BCUT2D eigenvalue weighted by atomic mass is 9.92. The minimum Gasteiger partial charge on any atom is -0.390 e. The second-order valence-corrected chi connectivity index (χ2v) is 2.80. The van der Waals surface area contributed by atoms with E-state index in [1.54, 1.807) is 26.8 Å². The summed E-state index contributed by atoms with van der Waals surface area (Å²) in [6.45, 7) is 6.82. The fraction of sp³-hybridized carbons (Fsp3) is 0.750. The van der Waals surface area contributed by atoms with Crippen LogP contribution in [0.1, 0.15) is 27.7 Å². The Morgan fingerprint density at radius 2 is 2.00 bits per heavy atom. The van der Waals surface area contributed by atoms with Crippen LogP contribution in [0.4, 0.5) is 0 Å². The van der Waals surface area contributed by atoms with Crippen molar-refractivity contribution < 1.29 is 10.2 Å². The highest BCUT2D eigenvalue weighted by Crippen LogP contribution is 2.19. The average molecular weight is 144 g/mol. The Bertz CT molecular complexity index is 134. The van der Waals surface area contributed by atoms with Gasteiger partial charge in [0, 0.05) is 0 Å². The minimum absolute atomic E-state index is 0.719. The summed E-state index contributed by atoms with van der Waals surface area (Å²) in [5, 5.41) is 18.6. The predicted octanol–water partition coefficient (Wildman–Crippen LogP) is 1.08. The molecule has 0 saturated heterocycles. The van der Waals surface area contributed by atoms with Crippen molar-refractivity contribution in [3.8, 4) is 0 Å². The lowest BCUT2D eigenvalue weighted by Gasteiger charge is -2.27. The van der Waals surface area contributed by atoms with Crippen LogP contribution in [0, 0.1) is 0 Å². The van der Waals surface area contributed by atoms with Crippen molar-refractivity contribution in [1.82, 2.24) is 0 Å². The first-order chi connectivity index (χ1) is 4.42. The molecule has 0 fully saturated rings. The van der Waals surface area contributed by atoms with Gasteiger partial charge in [-0.25, -0.2) is 0 Å². The van der Waals surface area contributed by atoms with Gasteiger partial charge in [0.15, 0.2) is 0 Å². The zero-order valence-electron chi connectivity index (χ0n) is 7.05. The van der Waals surface area contributed by atoms with Gasteiger partial charge in [0.25, 0.3) is 0 Å². The van der Waals surface area contributed by atoms with Crippen molar-refractivity contribution in [2.45, 2.75) is 39.4 Å². The van der Waals surface area contributed by atoms with Crippen LogP contribution in [0.5, 0.6) is 0 Å². The molecule has 2 nitrogen and oxygen atoms in total. The second kappa shape index (κ2) is 3.17. The molecule has 0 amide bonds. The molecule has 0 spiro atoms. The molecule has 0 rings (SSSR count). The standard InChI is InChI=1S/C8H16O2/c1-5-6(2)8(4,10)7(3)9/h5,7,9-10H,1-4H3/b6-5-. The van der Waals surface area contributed by atoms with Crippen molar-refractivity contribution >= 4 is 0 Å². The zero-order chi connectivity index (χ0) is 8.36. The normalized spacial score (nSPS) is 22.0. The van der Waals surface area contributed by atoms with Crippen molar-refractivity contribution in [3.05, 3.63) is 11.6 Å². The number of aliphatic hydroxyl groups excluding tert-OH is 1. The molecule has 2 unspecified atom stereocenters.